The number of aromatic carboxylic acids is 1. The lowest BCUT2D eigenvalue weighted by atomic mass is 9.99. The molecule has 3 rings (SSSR count). The fraction of sp³-hybridized carbons (Fsp3) is 0.250. The van der Waals surface area contributed by atoms with Gasteiger partial charge in [0, 0.05) is 30.5 Å². The summed E-state index contributed by atoms with van der Waals surface area (Å²) in [6.45, 7) is 2.54. The van der Waals surface area contributed by atoms with E-state index in [-0.39, 0.29) is 36.4 Å². The Balaban J connectivity index is 0.00000256. The molecule has 0 radical (unpaired) electrons. The van der Waals surface area contributed by atoms with Gasteiger partial charge in [-0.3, -0.25) is 4.98 Å². The van der Waals surface area contributed by atoms with Crippen molar-refractivity contribution in [1.29, 1.82) is 0 Å². The number of carboxylic acids is 1. The highest BCUT2D eigenvalue weighted by Gasteiger charge is 2.13. The quantitative estimate of drug-likeness (QED) is 0.417. The topological polar surface area (TPSA) is 91.7 Å². The van der Waals surface area contributed by atoms with Crippen LogP contribution in [0.25, 0.3) is 11.1 Å². The lowest BCUT2D eigenvalue weighted by Gasteiger charge is -2.17. The van der Waals surface area contributed by atoms with E-state index in [0.717, 1.165) is 23.1 Å². The Hall–Kier alpha value is -2.64. The van der Waals surface area contributed by atoms with Gasteiger partial charge in [0.25, 0.3) is 0 Å². The van der Waals surface area contributed by atoms with Gasteiger partial charge in [0.15, 0.2) is 0 Å². The van der Waals surface area contributed by atoms with Crippen LogP contribution >= 0.6 is 24.8 Å². The standard InChI is InChI=1S/C24H26N2O4.2ClH/c1-16(26-15-22(27)20-4-3-11-25-14-20)12-17-5-7-18(8-6-17)19-9-10-21(24(28)29)23(13-19)30-2;;/h3-11,13-14,16,22,26-27H,12,15H2,1-2H3,(H,28,29);2*1H/t16-,22-;;/m1../s1. The van der Waals surface area contributed by atoms with Crippen LogP contribution in [0.3, 0.4) is 0 Å². The number of hydrogen-bond acceptors (Lipinski definition) is 5. The summed E-state index contributed by atoms with van der Waals surface area (Å²) in [7, 11) is 1.47. The Labute approximate surface area is 200 Å². The van der Waals surface area contributed by atoms with Gasteiger partial charge in [0.2, 0.25) is 0 Å². The van der Waals surface area contributed by atoms with E-state index in [1.165, 1.54) is 12.7 Å². The van der Waals surface area contributed by atoms with E-state index >= 15 is 0 Å². The van der Waals surface area contributed by atoms with Crippen LogP contribution in [-0.2, 0) is 6.42 Å². The molecule has 0 aliphatic heterocycles. The molecule has 8 heteroatoms. The third-order valence-corrected chi connectivity index (χ3v) is 4.99. The molecular formula is C24H28Cl2N2O4. The van der Waals surface area contributed by atoms with E-state index in [1.807, 2.05) is 24.3 Å². The third kappa shape index (κ3) is 7.21. The van der Waals surface area contributed by atoms with Gasteiger partial charge in [0.1, 0.15) is 11.3 Å². The summed E-state index contributed by atoms with van der Waals surface area (Å²) in [4.78, 5) is 15.3. The number of carbonyl (C=O) groups is 1. The van der Waals surface area contributed by atoms with Gasteiger partial charge in [-0.2, -0.15) is 0 Å². The molecule has 6 nitrogen and oxygen atoms in total. The van der Waals surface area contributed by atoms with Crippen LogP contribution in [0.2, 0.25) is 0 Å². The van der Waals surface area contributed by atoms with Crippen LogP contribution in [0.5, 0.6) is 5.75 Å². The molecular weight excluding hydrogens is 451 g/mol. The molecule has 0 spiro atoms. The monoisotopic (exact) mass is 478 g/mol. The molecule has 1 aromatic heterocycles. The van der Waals surface area contributed by atoms with Crippen molar-refractivity contribution in [1.82, 2.24) is 10.3 Å². The number of rotatable bonds is 9. The molecule has 0 unspecified atom stereocenters. The lowest BCUT2D eigenvalue weighted by molar-refractivity contribution is 0.0693. The number of aliphatic hydroxyl groups is 1. The first-order chi connectivity index (χ1) is 14.5. The minimum Gasteiger partial charge on any atom is -0.496 e. The smallest absolute Gasteiger partial charge is 0.339 e. The Morgan fingerprint density at radius 3 is 2.38 bits per heavy atom. The zero-order valence-corrected chi connectivity index (χ0v) is 19.5. The maximum atomic E-state index is 11.2. The number of aliphatic hydroxyl groups excluding tert-OH is 1. The first-order valence-corrected chi connectivity index (χ1v) is 9.80. The lowest BCUT2D eigenvalue weighted by Crippen LogP contribution is -2.32. The van der Waals surface area contributed by atoms with E-state index in [1.54, 1.807) is 30.6 Å². The van der Waals surface area contributed by atoms with E-state index in [0.29, 0.717) is 12.3 Å². The Morgan fingerprint density at radius 2 is 1.78 bits per heavy atom. The summed E-state index contributed by atoms with van der Waals surface area (Å²) in [5, 5.41) is 22.8. The molecule has 0 bridgehead atoms. The second-order valence-corrected chi connectivity index (χ2v) is 7.23. The summed E-state index contributed by atoms with van der Waals surface area (Å²) in [6, 6.07) is 17.1. The van der Waals surface area contributed by atoms with Crippen molar-refractivity contribution in [3.8, 4) is 16.9 Å². The largest absolute Gasteiger partial charge is 0.496 e. The van der Waals surface area contributed by atoms with E-state index in [2.05, 4.69) is 29.4 Å². The van der Waals surface area contributed by atoms with E-state index in [9.17, 15) is 15.0 Å². The summed E-state index contributed by atoms with van der Waals surface area (Å²) < 4.78 is 5.21. The number of hydrogen-bond donors (Lipinski definition) is 3. The SMILES string of the molecule is COc1cc(-c2ccc(C[C@@H](C)NC[C@@H](O)c3cccnc3)cc2)ccc1C(=O)O.Cl.Cl. The van der Waals surface area contributed by atoms with E-state index < -0.39 is 12.1 Å². The molecule has 2 aromatic carbocycles. The molecule has 172 valence electrons. The van der Waals surface area contributed by atoms with Crippen molar-refractivity contribution >= 4 is 30.8 Å². The molecule has 2 atom stereocenters. The molecule has 3 aromatic rings. The van der Waals surface area contributed by atoms with Gasteiger partial charge >= 0.3 is 5.97 Å². The Morgan fingerprint density at radius 1 is 1.09 bits per heavy atom. The fourth-order valence-corrected chi connectivity index (χ4v) is 3.31. The molecule has 0 amide bonds. The van der Waals surface area contributed by atoms with Crippen LogP contribution in [-0.4, -0.2) is 40.9 Å². The first-order valence-electron chi connectivity index (χ1n) is 9.80. The maximum absolute atomic E-state index is 11.2. The van der Waals surface area contributed by atoms with Crippen LogP contribution in [0.1, 0.15) is 34.5 Å². The number of carboxylic acid groups (broad SMARTS) is 1. The molecule has 0 saturated heterocycles. The number of ether oxygens (including phenoxy) is 1. The molecule has 32 heavy (non-hydrogen) atoms. The van der Waals surface area contributed by atoms with Gasteiger partial charge in [-0.25, -0.2) is 4.79 Å². The normalized spacial score (nSPS) is 12.1. The summed E-state index contributed by atoms with van der Waals surface area (Å²) in [5.41, 5.74) is 4.00. The molecule has 1 heterocycles. The number of benzene rings is 2. The second kappa shape index (κ2) is 13.0. The molecule has 0 saturated carbocycles. The summed E-state index contributed by atoms with van der Waals surface area (Å²) >= 11 is 0. The zero-order chi connectivity index (χ0) is 21.5. The molecule has 0 aliphatic carbocycles. The van der Waals surface area contributed by atoms with E-state index in [4.69, 9.17) is 4.74 Å². The van der Waals surface area contributed by atoms with Crippen molar-refractivity contribution < 1.29 is 19.7 Å². The molecule has 0 aliphatic rings. The summed E-state index contributed by atoms with van der Waals surface area (Å²) in [5.74, 6) is -0.669. The van der Waals surface area contributed by atoms with Gasteiger partial charge in [0.05, 0.1) is 13.2 Å². The number of pyridine rings is 1. The number of methoxy groups -OCH3 is 1. The Bertz CT molecular complexity index is 985. The third-order valence-electron chi connectivity index (χ3n) is 4.99. The van der Waals surface area contributed by atoms with Crippen LogP contribution < -0.4 is 10.1 Å². The highest BCUT2D eigenvalue weighted by molar-refractivity contribution is 5.92. The molecule has 0 fully saturated rings. The van der Waals surface area contributed by atoms with Crippen LogP contribution in [0, 0.1) is 0 Å². The predicted molar refractivity (Wildman–Crippen MR) is 130 cm³/mol. The number of nitrogens with zero attached hydrogens (tertiary/aromatic N) is 1. The van der Waals surface area contributed by atoms with Gasteiger partial charge in [-0.05, 0) is 48.2 Å². The Kier molecular flexibility index (Phi) is 11.2. The summed E-state index contributed by atoms with van der Waals surface area (Å²) in [6.07, 6.45) is 3.59. The average molecular weight is 479 g/mol. The zero-order valence-electron chi connectivity index (χ0n) is 17.9. The van der Waals surface area contributed by atoms with Crippen molar-refractivity contribution in [2.75, 3.05) is 13.7 Å². The van der Waals surface area contributed by atoms with Gasteiger partial charge < -0.3 is 20.3 Å². The van der Waals surface area contributed by atoms with Crippen molar-refractivity contribution in [2.45, 2.75) is 25.5 Å². The van der Waals surface area contributed by atoms with Crippen molar-refractivity contribution in [2.24, 2.45) is 0 Å². The van der Waals surface area contributed by atoms with Crippen LogP contribution in [0.15, 0.2) is 67.0 Å². The average Bonchev–Trinajstić information content (AvgIpc) is 2.78. The predicted octanol–water partition coefficient (Wildman–Crippen LogP) is 4.55. The highest BCUT2D eigenvalue weighted by Crippen LogP contribution is 2.27. The number of nitrogens with one attached hydrogen (secondary N) is 1. The fourth-order valence-electron chi connectivity index (χ4n) is 3.31. The number of halogens is 2. The van der Waals surface area contributed by atoms with Crippen molar-refractivity contribution in [3.05, 3.63) is 83.7 Å². The van der Waals surface area contributed by atoms with Gasteiger partial charge in [-0.1, -0.05) is 36.4 Å². The van der Waals surface area contributed by atoms with Crippen molar-refractivity contribution in [3.63, 3.8) is 0 Å². The minimum atomic E-state index is -1.01. The van der Waals surface area contributed by atoms with Gasteiger partial charge in [-0.15, -0.1) is 24.8 Å². The minimum absolute atomic E-state index is 0. The van der Waals surface area contributed by atoms with Crippen LogP contribution in [0.4, 0.5) is 0 Å². The highest BCUT2D eigenvalue weighted by atomic mass is 35.5. The number of aromatic nitrogens is 1. The second-order valence-electron chi connectivity index (χ2n) is 7.23. The maximum Gasteiger partial charge on any atom is 0.339 e. The molecule has 3 N–H and O–H groups in total. The first kappa shape index (κ1) is 27.4.